The Morgan fingerprint density at radius 3 is 1.52 bits per heavy atom. The molecule has 6 rings (SSSR count). The summed E-state index contributed by atoms with van der Waals surface area (Å²) in [5.74, 6) is -0.416. The number of aliphatic hydroxyl groups is 1. The van der Waals surface area contributed by atoms with E-state index in [2.05, 4.69) is 100 Å². The molecule has 1 aliphatic rings. The van der Waals surface area contributed by atoms with Gasteiger partial charge in [0.2, 0.25) is 15.9 Å². The molecule has 5 aromatic rings. The molecule has 3 N–H and O–H groups in total. The van der Waals surface area contributed by atoms with Gasteiger partial charge in [-0.15, -0.1) is 0 Å². The first-order valence-corrected chi connectivity index (χ1v) is 25.5. The van der Waals surface area contributed by atoms with Gasteiger partial charge in [0.15, 0.2) is 0 Å². The molecule has 1 aliphatic heterocycles. The quantitative estimate of drug-likeness (QED) is 0.0871. The van der Waals surface area contributed by atoms with Crippen molar-refractivity contribution in [3.05, 3.63) is 146 Å². The van der Waals surface area contributed by atoms with Crippen LogP contribution in [0, 0.1) is 0 Å². The summed E-state index contributed by atoms with van der Waals surface area (Å²) in [5, 5.41) is 17.3. The van der Waals surface area contributed by atoms with Crippen molar-refractivity contribution in [1.82, 2.24) is 4.72 Å². The highest BCUT2D eigenvalue weighted by atomic mass is 32.2. The Hall–Kier alpha value is -4.70. The predicted octanol–water partition coefficient (Wildman–Crippen LogP) is 6.86. The Kier molecular flexibility index (Phi) is 16.2. The summed E-state index contributed by atoms with van der Waals surface area (Å²) in [6, 6.07) is 47.2. The Morgan fingerprint density at radius 2 is 1.17 bits per heavy atom. The average Bonchev–Trinajstić information content (AvgIpc) is 3.64. The van der Waals surface area contributed by atoms with Crippen molar-refractivity contribution in [2.45, 2.75) is 88.4 Å². The van der Waals surface area contributed by atoms with E-state index in [1.165, 1.54) is 29.6 Å². The minimum atomic E-state index is -3.57. The molecule has 1 fully saturated rings. The van der Waals surface area contributed by atoms with E-state index < -0.39 is 38.1 Å². The van der Waals surface area contributed by atoms with Gasteiger partial charge in [0.25, 0.3) is 8.32 Å². The highest BCUT2D eigenvalue weighted by molar-refractivity contribution is 7.89. The molecule has 320 valence electrons. The zero-order valence-corrected chi connectivity index (χ0v) is 38.0. The molecule has 2 atom stereocenters. The average molecular weight is 867 g/mol. The van der Waals surface area contributed by atoms with Crippen molar-refractivity contribution in [3.8, 4) is 0 Å². The van der Waals surface area contributed by atoms with Crippen LogP contribution in [-0.2, 0) is 28.8 Å². The molecule has 1 heterocycles. The summed E-state index contributed by atoms with van der Waals surface area (Å²) in [6.45, 7) is 13.5. The van der Waals surface area contributed by atoms with Crippen molar-refractivity contribution >= 4 is 64.7 Å². The van der Waals surface area contributed by atoms with E-state index in [4.69, 9.17) is 9.16 Å². The van der Waals surface area contributed by atoms with E-state index in [9.17, 15) is 23.1 Å². The van der Waals surface area contributed by atoms with E-state index in [0.29, 0.717) is 25.1 Å². The fourth-order valence-electron chi connectivity index (χ4n) is 8.59. The number of amides is 1. The lowest BCUT2D eigenvalue weighted by atomic mass is 10.2. The van der Waals surface area contributed by atoms with Gasteiger partial charge in [-0.1, -0.05) is 181 Å². The van der Waals surface area contributed by atoms with Gasteiger partial charge in [0.1, 0.15) is 14.2 Å². The zero-order valence-electron chi connectivity index (χ0n) is 35.1. The van der Waals surface area contributed by atoms with E-state index in [0.717, 1.165) is 10.4 Å². The molecule has 0 aliphatic carbocycles. The summed E-state index contributed by atoms with van der Waals surface area (Å²) in [6.07, 6.45) is 0.464. The summed E-state index contributed by atoms with van der Waals surface area (Å²) >= 11 is 0. The largest absolute Gasteiger partial charge is 0.464 e. The van der Waals surface area contributed by atoms with E-state index in [1.807, 2.05) is 72.8 Å². The lowest BCUT2D eigenvalue weighted by Crippen LogP contribution is -2.69. The first kappa shape index (κ1) is 48.0. The van der Waals surface area contributed by atoms with Crippen LogP contribution >= 0.6 is 0 Å². The second-order valence-corrected chi connectivity index (χ2v) is 27.9. The van der Waals surface area contributed by atoms with Gasteiger partial charge >= 0.3 is 5.97 Å². The second kappa shape index (κ2) is 20.2. The zero-order chi connectivity index (χ0) is 42.9. The molecule has 1 saturated heterocycles. The predicted molar refractivity (Wildman–Crippen MR) is 249 cm³/mol. The number of rotatable bonds is 13. The Labute approximate surface area is 359 Å². The molecular formula is C48H62N2O7SSi2. The van der Waals surface area contributed by atoms with E-state index in [-0.39, 0.29) is 40.9 Å². The van der Waals surface area contributed by atoms with Crippen LogP contribution in [0.15, 0.2) is 150 Å². The number of anilines is 1. The van der Waals surface area contributed by atoms with Gasteiger partial charge in [-0.05, 0) is 58.2 Å². The summed E-state index contributed by atoms with van der Waals surface area (Å²) in [7, 11) is -7.71. The van der Waals surface area contributed by atoms with Gasteiger partial charge in [-0.25, -0.2) is 17.9 Å². The molecular weight excluding hydrogens is 805 g/mol. The number of ether oxygens (including phenoxy) is 1. The minimum absolute atomic E-state index is 0. The topological polar surface area (TPSA) is 131 Å². The Bertz CT molecular complexity index is 2150. The van der Waals surface area contributed by atoms with Crippen molar-refractivity contribution in [1.29, 1.82) is 0 Å². The van der Waals surface area contributed by atoms with Crippen molar-refractivity contribution in [3.63, 3.8) is 0 Å². The molecule has 1 amide bonds. The molecule has 5 aromatic carbocycles. The third kappa shape index (κ3) is 10.1. The van der Waals surface area contributed by atoms with Gasteiger partial charge in [0, 0.05) is 24.3 Å². The number of nitrogens with one attached hydrogen (secondary N) is 2. The number of hydrogen-bond acceptors (Lipinski definition) is 7. The number of carbonyl (C=O) groups excluding carboxylic acids is 2. The monoisotopic (exact) mass is 866 g/mol. The van der Waals surface area contributed by atoms with Crippen LogP contribution in [0.2, 0.25) is 15.6 Å². The van der Waals surface area contributed by atoms with Crippen LogP contribution in [-0.4, -0.2) is 68.2 Å². The number of cyclic esters (lactones) is 1. The maximum absolute atomic E-state index is 14.0. The first-order chi connectivity index (χ1) is 28.0. The molecule has 0 saturated carbocycles. The lowest BCUT2D eigenvalue weighted by Gasteiger charge is -2.48. The minimum Gasteiger partial charge on any atom is -0.464 e. The maximum Gasteiger partial charge on any atom is 0.334 e. The van der Waals surface area contributed by atoms with Crippen LogP contribution in [0.4, 0.5) is 5.69 Å². The SMILES string of the molecule is C.CC(C)(C)[Si](O[C@@H]1CCOC1=O)(c1ccccc1)c1ccccc1.CNS(=O)(=O)c1ccc(NC(=O)[C@H](CCO)[Si](c2ccccc2)(c2ccccc2)C(C)(C)C)cc1. The number of aliphatic hydroxyl groups excluding tert-OH is 1. The molecule has 0 spiro atoms. The normalized spacial score (nSPS) is 15.1. The Morgan fingerprint density at radius 1 is 0.733 bits per heavy atom. The van der Waals surface area contributed by atoms with Gasteiger partial charge < -0.3 is 19.6 Å². The van der Waals surface area contributed by atoms with Crippen LogP contribution in [0.5, 0.6) is 0 Å². The molecule has 0 aromatic heterocycles. The number of esters is 1. The summed E-state index contributed by atoms with van der Waals surface area (Å²) in [4.78, 5) is 26.2. The third-order valence-electron chi connectivity index (χ3n) is 11.2. The molecule has 9 nitrogen and oxygen atoms in total. The highest BCUT2D eigenvalue weighted by Crippen LogP contribution is 2.45. The van der Waals surface area contributed by atoms with Crippen molar-refractivity contribution < 1.29 is 32.3 Å². The van der Waals surface area contributed by atoms with Crippen molar-refractivity contribution in [2.24, 2.45) is 0 Å². The van der Waals surface area contributed by atoms with Crippen molar-refractivity contribution in [2.75, 3.05) is 25.6 Å². The lowest BCUT2D eigenvalue weighted by molar-refractivity contribution is -0.143. The summed E-state index contributed by atoms with van der Waals surface area (Å²) < 4.78 is 38.3. The van der Waals surface area contributed by atoms with E-state index in [1.54, 1.807) is 12.1 Å². The molecule has 0 bridgehead atoms. The number of hydrogen-bond donors (Lipinski definition) is 3. The maximum atomic E-state index is 14.0. The standard InChI is InChI=1S/C27H34N2O4SSi.C20H24O3Si.CH4/c1-27(2,3)35(23-11-7-5-8-12-23,24-13-9-6-10-14-24)25(19-20-30)26(31)29-21-15-17-22(18-16-21)34(32,33)28-4;1-20(2,3)24(16-10-6-4-7-11-16,17-12-8-5-9-13-17)23-18-14-15-22-19(18)21;/h5-18,25,28,30H,19-20H2,1-4H3,(H,29,31);4-13,18H,14-15H2,1-3H3;1H4/t25-;18-;/m01./s1. The first-order valence-electron chi connectivity index (χ1n) is 20.0. The fraction of sp³-hybridized carbons (Fsp3) is 0.333. The van der Waals surface area contributed by atoms with Crippen LogP contribution in [0.1, 0.15) is 61.8 Å². The van der Waals surface area contributed by atoms with E-state index >= 15 is 0 Å². The molecule has 0 unspecified atom stereocenters. The summed E-state index contributed by atoms with van der Waals surface area (Å²) in [5.41, 5.74) is 0.0314. The van der Waals surface area contributed by atoms with Gasteiger partial charge in [0.05, 0.1) is 11.5 Å². The molecule has 60 heavy (non-hydrogen) atoms. The third-order valence-corrected chi connectivity index (χ3v) is 24.1. The van der Waals surface area contributed by atoms with Gasteiger partial charge in [-0.3, -0.25) is 4.79 Å². The number of benzene rings is 5. The fourth-order valence-corrected chi connectivity index (χ4v) is 20.4. The molecule has 12 heteroatoms. The smallest absolute Gasteiger partial charge is 0.334 e. The molecule has 0 radical (unpaired) electrons. The number of carbonyl (C=O) groups is 2. The highest BCUT2D eigenvalue weighted by Gasteiger charge is 2.56. The number of sulfonamides is 1. The Balaban J connectivity index is 0.000000277. The van der Waals surface area contributed by atoms with Crippen LogP contribution in [0.3, 0.4) is 0 Å². The van der Waals surface area contributed by atoms with Gasteiger partial charge in [-0.2, -0.15) is 0 Å². The second-order valence-electron chi connectivity index (χ2n) is 16.8. The van der Waals surface area contributed by atoms with Crippen LogP contribution in [0.25, 0.3) is 0 Å². The van der Waals surface area contributed by atoms with Crippen LogP contribution < -0.4 is 30.8 Å².